The Morgan fingerprint density at radius 3 is 2.06 bits per heavy atom. The Labute approximate surface area is 215 Å². The van der Waals surface area contributed by atoms with Crippen LogP contribution in [-0.2, 0) is 20.9 Å². The number of hydrogen-bond acceptors (Lipinski definition) is 6. The lowest BCUT2D eigenvalue weighted by molar-refractivity contribution is -0.145. The topological polar surface area (TPSA) is 90.0 Å². The van der Waals surface area contributed by atoms with Crippen LogP contribution in [0.2, 0.25) is 0 Å². The van der Waals surface area contributed by atoms with Gasteiger partial charge >= 0.3 is 0 Å². The van der Waals surface area contributed by atoms with Crippen LogP contribution in [0.3, 0.4) is 0 Å². The molecule has 3 aromatic carbocycles. The minimum Gasteiger partial charge on any atom is -0.497 e. The van der Waals surface area contributed by atoms with Gasteiger partial charge in [0.1, 0.15) is 5.75 Å². The SMILES string of the molecule is COc1ccc(CN2C(=O)[C@H]3[C@@H](c4ccc(Br)cc4)OC4(C(=O)c5ccccc5C4=O)[C@H]3C2=O)cc1. The number of ether oxygens (including phenoxy) is 2. The van der Waals surface area contributed by atoms with Crippen LogP contribution in [-0.4, -0.2) is 41.0 Å². The van der Waals surface area contributed by atoms with E-state index in [1.165, 1.54) is 0 Å². The number of carbonyl (C=O) groups is 4. The molecule has 0 aromatic heterocycles. The molecule has 0 saturated carbocycles. The van der Waals surface area contributed by atoms with Crippen molar-refractivity contribution in [3.63, 3.8) is 0 Å². The minimum atomic E-state index is -2.06. The summed E-state index contributed by atoms with van der Waals surface area (Å²) in [7, 11) is 1.55. The smallest absolute Gasteiger partial charge is 0.237 e. The van der Waals surface area contributed by atoms with Crippen LogP contribution in [0.15, 0.2) is 77.3 Å². The summed E-state index contributed by atoms with van der Waals surface area (Å²) >= 11 is 3.40. The highest BCUT2D eigenvalue weighted by Crippen LogP contribution is 2.57. The number of halogens is 1. The molecule has 0 N–H and O–H groups in total. The first-order valence-corrected chi connectivity index (χ1v) is 12.3. The predicted molar refractivity (Wildman–Crippen MR) is 131 cm³/mol. The van der Waals surface area contributed by atoms with E-state index in [1.807, 2.05) is 0 Å². The van der Waals surface area contributed by atoms with Crippen molar-refractivity contribution >= 4 is 39.3 Å². The number of carbonyl (C=O) groups excluding carboxylic acids is 4. The molecule has 2 aliphatic heterocycles. The van der Waals surface area contributed by atoms with Crippen molar-refractivity contribution in [1.29, 1.82) is 0 Å². The van der Waals surface area contributed by atoms with Gasteiger partial charge < -0.3 is 9.47 Å². The highest BCUT2D eigenvalue weighted by Gasteiger charge is 2.74. The second kappa shape index (κ2) is 8.21. The number of Topliss-reactive ketones (excluding diaryl/α,β-unsaturated/α-hetero) is 2. The fourth-order valence-corrected chi connectivity index (χ4v) is 5.86. The van der Waals surface area contributed by atoms with Crippen LogP contribution in [0.25, 0.3) is 0 Å². The molecule has 0 unspecified atom stereocenters. The number of hydrogen-bond donors (Lipinski definition) is 0. The number of nitrogens with zero attached hydrogens (tertiary/aromatic N) is 1. The summed E-state index contributed by atoms with van der Waals surface area (Å²) in [6.07, 6.45) is -0.928. The average molecular weight is 546 g/mol. The maximum absolute atomic E-state index is 13.8. The summed E-state index contributed by atoms with van der Waals surface area (Å²) in [5, 5.41) is 0. The van der Waals surface area contributed by atoms with Gasteiger partial charge in [0.15, 0.2) is 0 Å². The zero-order valence-electron chi connectivity index (χ0n) is 19.1. The standard InChI is InChI=1S/C28H20BrNO6/c1-35-18-12-6-15(7-13-18)14-30-26(33)21-22(27(30)34)28(36-23(21)16-8-10-17(29)11-9-16)24(31)19-4-2-3-5-20(19)25(28)32/h2-13,21-23H,14H2,1H3/t21-,22-,23-/m1/s1. The van der Waals surface area contributed by atoms with Crippen molar-refractivity contribution in [1.82, 2.24) is 4.90 Å². The molecule has 6 rings (SSSR count). The van der Waals surface area contributed by atoms with Crippen LogP contribution in [0, 0.1) is 11.8 Å². The molecule has 2 fully saturated rings. The first-order valence-electron chi connectivity index (χ1n) is 11.5. The van der Waals surface area contributed by atoms with Crippen molar-refractivity contribution in [3.8, 4) is 5.75 Å². The van der Waals surface area contributed by atoms with Crippen LogP contribution < -0.4 is 4.74 Å². The average Bonchev–Trinajstić information content (AvgIpc) is 3.46. The summed E-state index contributed by atoms with van der Waals surface area (Å²) in [4.78, 5) is 56.3. The highest BCUT2D eigenvalue weighted by molar-refractivity contribution is 9.10. The van der Waals surface area contributed by atoms with Gasteiger partial charge in [-0.1, -0.05) is 64.5 Å². The Hall–Kier alpha value is -3.62. The molecular formula is C28H20BrNO6. The normalized spacial score (nSPS) is 23.9. The van der Waals surface area contributed by atoms with Crippen molar-refractivity contribution in [2.45, 2.75) is 18.2 Å². The number of likely N-dealkylation sites (tertiary alicyclic amines) is 1. The lowest BCUT2D eigenvalue weighted by Crippen LogP contribution is -2.50. The monoisotopic (exact) mass is 545 g/mol. The highest BCUT2D eigenvalue weighted by atomic mass is 79.9. The van der Waals surface area contributed by atoms with E-state index in [1.54, 1.807) is 79.9 Å². The predicted octanol–water partition coefficient (Wildman–Crippen LogP) is 4.15. The largest absolute Gasteiger partial charge is 0.497 e. The third-order valence-electron chi connectivity index (χ3n) is 7.31. The molecule has 3 aromatic rings. The Kier molecular flexibility index (Phi) is 5.21. The molecule has 8 heteroatoms. The van der Waals surface area contributed by atoms with E-state index >= 15 is 0 Å². The van der Waals surface area contributed by atoms with Gasteiger partial charge in [-0.2, -0.15) is 0 Å². The maximum atomic E-state index is 13.8. The van der Waals surface area contributed by atoms with Gasteiger partial charge in [0.05, 0.1) is 31.6 Å². The number of amides is 2. The first-order chi connectivity index (χ1) is 17.4. The first kappa shape index (κ1) is 22.8. The molecule has 2 saturated heterocycles. The minimum absolute atomic E-state index is 0.0210. The van der Waals surface area contributed by atoms with Crippen LogP contribution in [0.4, 0.5) is 0 Å². The Morgan fingerprint density at radius 2 is 1.47 bits per heavy atom. The Balaban J connectivity index is 1.45. The Morgan fingerprint density at radius 1 is 0.861 bits per heavy atom. The number of fused-ring (bicyclic) bond motifs is 3. The van der Waals surface area contributed by atoms with E-state index in [-0.39, 0.29) is 17.7 Å². The summed E-state index contributed by atoms with van der Waals surface area (Å²) in [6, 6.07) is 20.6. The molecule has 7 nitrogen and oxygen atoms in total. The lowest BCUT2D eigenvalue weighted by atomic mass is 9.77. The zero-order chi connectivity index (χ0) is 25.2. The summed E-state index contributed by atoms with van der Waals surface area (Å²) in [6.45, 7) is 0.0210. The number of benzene rings is 3. The van der Waals surface area contributed by atoms with Gasteiger partial charge in [-0.15, -0.1) is 0 Å². The molecule has 3 atom stereocenters. The van der Waals surface area contributed by atoms with Gasteiger partial charge in [0, 0.05) is 15.6 Å². The Bertz CT molecular complexity index is 1400. The molecule has 3 aliphatic rings. The molecular weight excluding hydrogens is 526 g/mol. The van der Waals surface area contributed by atoms with E-state index in [2.05, 4.69) is 15.9 Å². The molecule has 1 aliphatic carbocycles. The van der Waals surface area contributed by atoms with Crippen molar-refractivity contribution in [3.05, 3.63) is 99.5 Å². The number of rotatable bonds is 4. The van der Waals surface area contributed by atoms with Crippen molar-refractivity contribution in [2.75, 3.05) is 7.11 Å². The molecule has 0 bridgehead atoms. The summed E-state index contributed by atoms with van der Waals surface area (Å²) in [5.74, 6) is -3.76. The quantitative estimate of drug-likeness (QED) is 0.361. The molecule has 2 heterocycles. The zero-order valence-corrected chi connectivity index (χ0v) is 20.7. The number of ketones is 2. The van der Waals surface area contributed by atoms with E-state index in [4.69, 9.17) is 9.47 Å². The van der Waals surface area contributed by atoms with Crippen molar-refractivity contribution in [2.24, 2.45) is 11.8 Å². The second-order valence-corrected chi connectivity index (χ2v) is 10.1. The van der Waals surface area contributed by atoms with Gasteiger partial charge in [-0.3, -0.25) is 24.1 Å². The van der Waals surface area contributed by atoms with E-state index < -0.39 is 46.9 Å². The number of methoxy groups -OCH3 is 1. The van der Waals surface area contributed by atoms with Gasteiger partial charge in [-0.25, -0.2) is 0 Å². The third-order valence-corrected chi connectivity index (χ3v) is 7.84. The van der Waals surface area contributed by atoms with Crippen LogP contribution >= 0.6 is 15.9 Å². The fraction of sp³-hybridized carbons (Fsp3) is 0.214. The van der Waals surface area contributed by atoms with Crippen LogP contribution in [0.1, 0.15) is 37.9 Å². The van der Waals surface area contributed by atoms with Gasteiger partial charge in [-0.05, 0) is 35.4 Å². The second-order valence-electron chi connectivity index (χ2n) is 9.14. The number of imide groups is 1. The molecule has 0 radical (unpaired) electrons. The van der Waals surface area contributed by atoms with E-state index in [0.29, 0.717) is 11.3 Å². The third kappa shape index (κ3) is 3.07. The molecule has 180 valence electrons. The van der Waals surface area contributed by atoms with Crippen LogP contribution in [0.5, 0.6) is 5.75 Å². The van der Waals surface area contributed by atoms with Crippen molar-refractivity contribution < 1.29 is 28.7 Å². The lowest BCUT2D eigenvalue weighted by Gasteiger charge is -2.27. The van der Waals surface area contributed by atoms with Gasteiger partial charge in [0.25, 0.3) is 0 Å². The summed E-state index contributed by atoms with van der Waals surface area (Å²) in [5.41, 5.74) is -0.291. The van der Waals surface area contributed by atoms with E-state index in [0.717, 1.165) is 14.9 Å². The fourth-order valence-electron chi connectivity index (χ4n) is 5.60. The molecule has 36 heavy (non-hydrogen) atoms. The van der Waals surface area contributed by atoms with Gasteiger partial charge in [0.2, 0.25) is 29.0 Å². The molecule has 1 spiro atoms. The van der Waals surface area contributed by atoms with E-state index in [9.17, 15) is 19.2 Å². The summed E-state index contributed by atoms with van der Waals surface area (Å²) < 4.78 is 12.3. The molecule has 2 amide bonds. The maximum Gasteiger partial charge on any atom is 0.237 e.